The monoisotopic (exact) mass is 444 g/mol. The molecular weight excluding hydrogens is 424 g/mol. The molecule has 2 aromatic heterocycles. The largest absolute Gasteiger partial charge is 0.449 e. The summed E-state index contributed by atoms with van der Waals surface area (Å²) in [6.45, 7) is 3.31. The van der Waals surface area contributed by atoms with E-state index < -0.39 is 18.0 Å². The summed E-state index contributed by atoms with van der Waals surface area (Å²) in [5.74, 6) is -1.34. The molecule has 1 atom stereocenters. The van der Waals surface area contributed by atoms with Crippen LogP contribution in [0.2, 0.25) is 5.02 Å². The Hall–Kier alpha value is -2.71. The SMILES string of the molecule is C[C@@H](OC(=O)c1cc(-c2cccc(Cl)c2)nc2nc(N3CCCCC3)sc12)C(N)=O. The van der Waals surface area contributed by atoms with Crippen LogP contribution >= 0.6 is 22.9 Å². The Morgan fingerprint density at radius 3 is 2.67 bits per heavy atom. The van der Waals surface area contributed by atoms with Crippen LogP contribution in [0.4, 0.5) is 5.13 Å². The van der Waals surface area contributed by atoms with Gasteiger partial charge in [0.2, 0.25) is 0 Å². The number of nitrogens with two attached hydrogens (primary N) is 1. The van der Waals surface area contributed by atoms with E-state index in [4.69, 9.17) is 27.1 Å². The Labute approximate surface area is 182 Å². The number of ether oxygens (including phenoxy) is 1. The van der Waals surface area contributed by atoms with Gasteiger partial charge in [-0.25, -0.2) is 9.78 Å². The van der Waals surface area contributed by atoms with Crippen LogP contribution in [0.5, 0.6) is 0 Å². The molecule has 1 aliphatic heterocycles. The summed E-state index contributed by atoms with van der Waals surface area (Å²) in [5.41, 5.74) is 7.35. The van der Waals surface area contributed by atoms with Gasteiger partial charge in [0.1, 0.15) is 0 Å². The molecule has 0 bridgehead atoms. The molecule has 30 heavy (non-hydrogen) atoms. The van der Waals surface area contributed by atoms with E-state index in [1.54, 1.807) is 18.2 Å². The van der Waals surface area contributed by atoms with Gasteiger partial charge < -0.3 is 15.4 Å². The number of thiazole rings is 1. The molecule has 1 saturated heterocycles. The summed E-state index contributed by atoms with van der Waals surface area (Å²) in [5, 5.41) is 1.39. The van der Waals surface area contributed by atoms with E-state index in [2.05, 4.69) is 9.88 Å². The number of pyridine rings is 1. The number of piperidine rings is 1. The molecule has 156 valence electrons. The summed E-state index contributed by atoms with van der Waals surface area (Å²) >= 11 is 7.54. The highest BCUT2D eigenvalue weighted by atomic mass is 35.5. The summed E-state index contributed by atoms with van der Waals surface area (Å²) in [7, 11) is 0. The van der Waals surface area contributed by atoms with Crippen molar-refractivity contribution in [1.29, 1.82) is 0 Å². The maximum atomic E-state index is 12.9. The summed E-state index contributed by atoms with van der Waals surface area (Å²) in [6.07, 6.45) is 2.40. The van der Waals surface area contributed by atoms with Crippen LogP contribution in [0.15, 0.2) is 30.3 Å². The van der Waals surface area contributed by atoms with Gasteiger partial charge in [0.25, 0.3) is 5.91 Å². The first-order valence-electron chi connectivity index (χ1n) is 9.75. The first-order valence-corrected chi connectivity index (χ1v) is 10.9. The number of benzene rings is 1. The fourth-order valence-electron chi connectivity index (χ4n) is 3.35. The second kappa shape index (κ2) is 8.57. The molecule has 4 rings (SSSR count). The van der Waals surface area contributed by atoms with Gasteiger partial charge in [0.05, 0.1) is 16.0 Å². The second-order valence-electron chi connectivity index (χ2n) is 7.21. The third kappa shape index (κ3) is 4.24. The Kier molecular flexibility index (Phi) is 5.87. The number of nitrogens with zero attached hydrogens (tertiary/aromatic N) is 3. The lowest BCUT2D eigenvalue weighted by Crippen LogP contribution is -2.30. The average Bonchev–Trinajstić information content (AvgIpc) is 3.17. The standard InChI is InChI=1S/C21H21ClN4O3S/c1-12(18(23)27)29-20(28)15-11-16(13-6-5-7-14(22)10-13)24-19-17(15)30-21(25-19)26-8-3-2-4-9-26/h5-7,10-12H,2-4,8-9H2,1H3,(H2,23,27)/t12-/m1/s1. The zero-order chi connectivity index (χ0) is 21.3. The average molecular weight is 445 g/mol. The van der Waals surface area contributed by atoms with Crippen LogP contribution in [0.1, 0.15) is 36.5 Å². The number of fused-ring (bicyclic) bond motifs is 1. The highest BCUT2D eigenvalue weighted by Crippen LogP contribution is 2.35. The Morgan fingerprint density at radius 2 is 1.97 bits per heavy atom. The minimum Gasteiger partial charge on any atom is -0.449 e. The van der Waals surface area contributed by atoms with Crippen molar-refractivity contribution in [2.24, 2.45) is 5.73 Å². The molecule has 3 heterocycles. The van der Waals surface area contributed by atoms with Crippen molar-refractivity contribution in [3.05, 3.63) is 40.9 Å². The van der Waals surface area contributed by atoms with Crippen LogP contribution in [-0.4, -0.2) is 41.0 Å². The number of carbonyl (C=O) groups excluding carboxylic acids is 2. The lowest BCUT2D eigenvalue weighted by Gasteiger charge is -2.25. The predicted molar refractivity (Wildman–Crippen MR) is 118 cm³/mol. The van der Waals surface area contributed by atoms with Gasteiger partial charge in [-0.2, -0.15) is 4.98 Å². The number of aromatic nitrogens is 2. The van der Waals surface area contributed by atoms with Gasteiger partial charge in [0, 0.05) is 23.7 Å². The third-order valence-corrected chi connectivity index (χ3v) is 6.38. The number of esters is 1. The molecule has 7 nitrogen and oxygen atoms in total. The van der Waals surface area contributed by atoms with E-state index >= 15 is 0 Å². The fourth-order valence-corrected chi connectivity index (χ4v) is 4.60. The van der Waals surface area contributed by atoms with E-state index in [9.17, 15) is 9.59 Å². The van der Waals surface area contributed by atoms with E-state index in [0.29, 0.717) is 26.6 Å². The highest BCUT2D eigenvalue weighted by molar-refractivity contribution is 7.22. The van der Waals surface area contributed by atoms with E-state index in [-0.39, 0.29) is 0 Å². The van der Waals surface area contributed by atoms with Crippen molar-refractivity contribution in [1.82, 2.24) is 9.97 Å². The number of rotatable bonds is 5. The van der Waals surface area contributed by atoms with Crippen molar-refractivity contribution in [2.45, 2.75) is 32.3 Å². The minimum atomic E-state index is -1.04. The van der Waals surface area contributed by atoms with Gasteiger partial charge in [-0.1, -0.05) is 35.1 Å². The number of hydrogen-bond donors (Lipinski definition) is 1. The predicted octanol–water partition coefficient (Wildman–Crippen LogP) is 4.03. The van der Waals surface area contributed by atoms with E-state index in [1.807, 2.05) is 12.1 Å². The molecule has 0 unspecified atom stereocenters. The maximum Gasteiger partial charge on any atom is 0.340 e. The number of amides is 1. The number of halogens is 1. The Bertz CT molecular complexity index is 1110. The zero-order valence-corrected chi connectivity index (χ0v) is 18.0. The first-order chi connectivity index (χ1) is 14.4. The van der Waals surface area contributed by atoms with Crippen molar-refractivity contribution in [3.8, 4) is 11.3 Å². The Balaban J connectivity index is 1.81. The zero-order valence-electron chi connectivity index (χ0n) is 16.4. The molecule has 0 aliphatic carbocycles. The Morgan fingerprint density at radius 1 is 1.20 bits per heavy atom. The summed E-state index contributed by atoms with van der Waals surface area (Å²) in [6, 6.07) is 8.87. The van der Waals surface area contributed by atoms with Crippen LogP contribution in [-0.2, 0) is 9.53 Å². The number of primary amides is 1. The second-order valence-corrected chi connectivity index (χ2v) is 8.63. The molecule has 0 spiro atoms. The van der Waals surface area contributed by atoms with Crippen LogP contribution in [0.3, 0.4) is 0 Å². The van der Waals surface area contributed by atoms with Crippen molar-refractivity contribution in [2.75, 3.05) is 18.0 Å². The lowest BCUT2D eigenvalue weighted by molar-refractivity contribution is -0.125. The molecular formula is C21H21ClN4O3S. The normalized spacial score (nSPS) is 15.2. The number of carbonyl (C=O) groups is 2. The molecule has 0 radical (unpaired) electrons. The third-order valence-electron chi connectivity index (χ3n) is 5.00. The van der Waals surface area contributed by atoms with Crippen molar-refractivity contribution < 1.29 is 14.3 Å². The summed E-state index contributed by atoms with van der Waals surface area (Å²) < 4.78 is 5.90. The molecule has 3 aromatic rings. The van der Waals surface area contributed by atoms with Gasteiger partial charge in [0.15, 0.2) is 16.9 Å². The molecule has 1 amide bonds. The smallest absolute Gasteiger partial charge is 0.340 e. The highest BCUT2D eigenvalue weighted by Gasteiger charge is 2.24. The molecule has 2 N–H and O–H groups in total. The van der Waals surface area contributed by atoms with E-state index in [0.717, 1.165) is 36.6 Å². The van der Waals surface area contributed by atoms with Crippen LogP contribution in [0.25, 0.3) is 21.6 Å². The minimum absolute atomic E-state index is 0.309. The van der Waals surface area contributed by atoms with Gasteiger partial charge >= 0.3 is 5.97 Å². The number of hydrogen-bond acceptors (Lipinski definition) is 7. The van der Waals surface area contributed by atoms with Gasteiger partial charge in [-0.15, -0.1) is 0 Å². The van der Waals surface area contributed by atoms with Crippen LogP contribution < -0.4 is 10.6 Å². The fraction of sp³-hybridized carbons (Fsp3) is 0.333. The van der Waals surface area contributed by atoms with Crippen molar-refractivity contribution in [3.63, 3.8) is 0 Å². The quantitative estimate of drug-likeness (QED) is 0.596. The van der Waals surface area contributed by atoms with Crippen molar-refractivity contribution >= 4 is 50.3 Å². The van der Waals surface area contributed by atoms with Gasteiger partial charge in [-0.3, -0.25) is 4.79 Å². The first kappa shape index (κ1) is 20.6. The summed E-state index contributed by atoms with van der Waals surface area (Å²) in [4.78, 5) is 35.9. The number of anilines is 1. The molecule has 1 fully saturated rings. The molecule has 0 saturated carbocycles. The topological polar surface area (TPSA) is 98.4 Å². The molecule has 1 aliphatic rings. The van der Waals surface area contributed by atoms with E-state index in [1.165, 1.54) is 24.7 Å². The lowest BCUT2D eigenvalue weighted by atomic mass is 10.1. The van der Waals surface area contributed by atoms with Gasteiger partial charge in [-0.05, 0) is 44.4 Å². The maximum absolute atomic E-state index is 12.9. The van der Waals surface area contributed by atoms with Crippen LogP contribution in [0, 0.1) is 0 Å². The molecule has 9 heteroatoms. The molecule has 1 aromatic carbocycles.